The molecule has 1 heterocycles. The first-order chi connectivity index (χ1) is 9.21. The summed E-state index contributed by atoms with van der Waals surface area (Å²) in [5, 5.41) is 13.3. The molecule has 112 valence electrons. The van der Waals surface area contributed by atoms with Gasteiger partial charge in [0.25, 0.3) is 5.91 Å². The van der Waals surface area contributed by atoms with Crippen molar-refractivity contribution in [2.24, 2.45) is 5.92 Å². The standard InChI is InChI=1S/C15H23ClN2O2/c1-10(2)7-8-15(4,20)9-17-14(19)12-5-6-13(16)18-11(12)3/h5-6,10,20H,7-9H2,1-4H3,(H,17,19). The van der Waals surface area contributed by atoms with Gasteiger partial charge >= 0.3 is 0 Å². The van der Waals surface area contributed by atoms with Gasteiger partial charge in [0.1, 0.15) is 5.15 Å². The van der Waals surface area contributed by atoms with Crippen LogP contribution in [0, 0.1) is 12.8 Å². The van der Waals surface area contributed by atoms with Crippen LogP contribution in [0.3, 0.4) is 0 Å². The molecule has 0 aliphatic heterocycles. The summed E-state index contributed by atoms with van der Waals surface area (Å²) >= 11 is 5.76. The fourth-order valence-corrected chi connectivity index (χ4v) is 2.01. The van der Waals surface area contributed by atoms with E-state index in [4.69, 9.17) is 11.6 Å². The van der Waals surface area contributed by atoms with Crippen molar-refractivity contribution in [1.29, 1.82) is 0 Å². The molecule has 0 saturated heterocycles. The molecule has 20 heavy (non-hydrogen) atoms. The van der Waals surface area contributed by atoms with Crippen LogP contribution in [0.2, 0.25) is 5.15 Å². The van der Waals surface area contributed by atoms with Gasteiger partial charge in [-0.1, -0.05) is 25.4 Å². The third kappa shape index (κ3) is 5.47. The Morgan fingerprint density at radius 3 is 2.70 bits per heavy atom. The lowest BCUT2D eigenvalue weighted by molar-refractivity contribution is 0.0429. The van der Waals surface area contributed by atoms with Gasteiger partial charge in [0.05, 0.1) is 16.9 Å². The highest BCUT2D eigenvalue weighted by Gasteiger charge is 2.22. The molecule has 1 aromatic rings. The maximum absolute atomic E-state index is 12.1. The number of amides is 1. The minimum atomic E-state index is -0.895. The summed E-state index contributed by atoms with van der Waals surface area (Å²) in [7, 11) is 0. The zero-order valence-electron chi connectivity index (χ0n) is 12.5. The van der Waals surface area contributed by atoms with Crippen molar-refractivity contribution in [2.75, 3.05) is 6.54 Å². The van der Waals surface area contributed by atoms with Crippen LogP contribution < -0.4 is 5.32 Å². The van der Waals surface area contributed by atoms with Crippen LogP contribution in [-0.2, 0) is 0 Å². The van der Waals surface area contributed by atoms with E-state index in [-0.39, 0.29) is 12.5 Å². The quantitative estimate of drug-likeness (QED) is 0.794. The molecule has 0 radical (unpaired) electrons. The third-order valence-electron chi connectivity index (χ3n) is 3.19. The molecule has 0 saturated carbocycles. The molecule has 0 bridgehead atoms. The van der Waals surface area contributed by atoms with Gasteiger partial charge in [-0.25, -0.2) is 4.98 Å². The Bertz CT molecular complexity index is 473. The molecule has 0 aliphatic rings. The largest absolute Gasteiger partial charge is 0.388 e. The lowest BCUT2D eigenvalue weighted by atomic mass is 9.95. The Labute approximate surface area is 125 Å². The zero-order valence-corrected chi connectivity index (χ0v) is 13.3. The molecule has 1 aromatic heterocycles. The van der Waals surface area contributed by atoms with Crippen LogP contribution in [0.5, 0.6) is 0 Å². The lowest BCUT2D eigenvalue weighted by Gasteiger charge is -2.24. The van der Waals surface area contributed by atoms with Crippen LogP contribution in [0.1, 0.15) is 49.7 Å². The van der Waals surface area contributed by atoms with Crippen LogP contribution in [-0.4, -0.2) is 28.1 Å². The molecule has 0 spiro atoms. The Balaban J connectivity index is 2.58. The van der Waals surface area contributed by atoms with E-state index >= 15 is 0 Å². The molecule has 4 nitrogen and oxygen atoms in total. The second-order valence-corrected chi connectivity index (χ2v) is 6.27. The van der Waals surface area contributed by atoms with E-state index in [0.29, 0.717) is 28.7 Å². The fraction of sp³-hybridized carbons (Fsp3) is 0.600. The Kier molecular flexibility index (Phi) is 5.96. The van der Waals surface area contributed by atoms with Crippen molar-refractivity contribution in [1.82, 2.24) is 10.3 Å². The number of aliphatic hydroxyl groups is 1. The highest BCUT2D eigenvalue weighted by molar-refractivity contribution is 6.29. The summed E-state index contributed by atoms with van der Waals surface area (Å²) < 4.78 is 0. The number of nitrogens with one attached hydrogen (secondary N) is 1. The maximum Gasteiger partial charge on any atom is 0.253 e. The van der Waals surface area contributed by atoms with Crippen molar-refractivity contribution < 1.29 is 9.90 Å². The first-order valence-electron chi connectivity index (χ1n) is 6.85. The smallest absolute Gasteiger partial charge is 0.253 e. The summed E-state index contributed by atoms with van der Waals surface area (Å²) in [4.78, 5) is 16.1. The number of halogens is 1. The molecule has 2 N–H and O–H groups in total. The number of nitrogens with zero attached hydrogens (tertiary/aromatic N) is 1. The number of pyridine rings is 1. The Hall–Kier alpha value is -1.13. The summed E-state index contributed by atoms with van der Waals surface area (Å²) in [6, 6.07) is 3.23. The highest BCUT2D eigenvalue weighted by atomic mass is 35.5. The van der Waals surface area contributed by atoms with Crippen molar-refractivity contribution >= 4 is 17.5 Å². The van der Waals surface area contributed by atoms with E-state index in [1.54, 1.807) is 26.0 Å². The molecule has 5 heteroatoms. The first-order valence-corrected chi connectivity index (χ1v) is 7.23. The molecule has 0 aromatic carbocycles. The van der Waals surface area contributed by atoms with E-state index in [0.717, 1.165) is 6.42 Å². The first kappa shape index (κ1) is 16.9. The molecule has 1 unspecified atom stereocenters. The molecule has 1 atom stereocenters. The average molecular weight is 299 g/mol. The van der Waals surface area contributed by atoms with Crippen molar-refractivity contribution in [3.05, 3.63) is 28.5 Å². The SMILES string of the molecule is Cc1nc(Cl)ccc1C(=O)NCC(C)(O)CCC(C)C. The van der Waals surface area contributed by atoms with Gasteiger partial charge in [0.2, 0.25) is 0 Å². The third-order valence-corrected chi connectivity index (χ3v) is 3.40. The van der Waals surface area contributed by atoms with E-state index in [1.807, 2.05) is 0 Å². The van der Waals surface area contributed by atoms with Gasteiger partial charge in [-0.15, -0.1) is 0 Å². The zero-order chi connectivity index (χ0) is 15.3. The number of carbonyl (C=O) groups is 1. The minimum Gasteiger partial charge on any atom is -0.388 e. The van der Waals surface area contributed by atoms with E-state index in [9.17, 15) is 9.90 Å². The summed E-state index contributed by atoms with van der Waals surface area (Å²) in [6.07, 6.45) is 1.58. The highest BCUT2D eigenvalue weighted by Crippen LogP contribution is 2.16. The topological polar surface area (TPSA) is 62.2 Å². The van der Waals surface area contributed by atoms with Gasteiger partial charge < -0.3 is 10.4 Å². The van der Waals surface area contributed by atoms with Gasteiger partial charge in [0.15, 0.2) is 0 Å². The lowest BCUT2D eigenvalue weighted by Crippen LogP contribution is -2.41. The number of hydrogen-bond acceptors (Lipinski definition) is 3. The van der Waals surface area contributed by atoms with Crippen molar-refractivity contribution in [3.63, 3.8) is 0 Å². The van der Waals surface area contributed by atoms with Crippen LogP contribution in [0.4, 0.5) is 0 Å². The Morgan fingerprint density at radius 2 is 2.15 bits per heavy atom. The minimum absolute atomic E-state index is 0.223. The van der Waals surface area contributed by atoms with E-state index in [1.165, 1.54) is 0 Å². The van der Waals surface area contributed by atoms with Gasteiger partial charge in [-0.05, 0) is 44.7 Å². The molecular formula is C15H23ClN2O2. The summed E-state index contributed by atoms with van der Waals surface area (Å²) in [5.41, 5.74) is 0.166. The van der Waals surface area contributed by atoms with Crippen molar-refractivity contribution in [3.8, 4) is 0 Å². The summed E-state index contributed by atoms with van der Waals surface area (Å²) in [5.74, 6) is 0.288. The molecule has 0 fully saturated rings. The molecule has 1 rings (SSSR count). The van der Waals surface area contributed by atoms with Crippen LogP contribution >= 0.6 is 11.6 Å². The molecule has 1 amide bonds. The normalized spacial score (nSPS) is 14.2. The van der Waals surface area contributed by atoms with Gasteiger partial charge in [0, 0.05) is 6.54 Å². The predicted molar refractivity (Wildman–Crippen MR) is 81.0 cm³/mol. The number of hydrogen-bond donors (Lipinski definition) is 2. The van der Waals surface area contributed by atoms with Gasteiger partial charge in [-0.2, -0.15) is 0 Å². The second kappa shape index (κ2) is 7.04. The number of carbonyl (C=O) groups excluding carboxylic acids is 1. The molecule has 0 aliphatic carbocycles. The second-order valence-electron chi connectivity index (χ2n) is 5.88. The maximum atomic E-state index is 12.1. The predicted octanol–water partition coefficient (Wildman–Crippen LogP) is 2.96. The molecular weight excluding hydrogens is 276 g/mol. The van der Waals surface area contributed by atoms with Crippen LogP contribution in [0.25, 0.3) is 0 Å². The number of rotatable bonds is 6. The van der Waals surface area contributed by atoms with Crippen molar-refractivity contribution in [2.45, 2.75) is 46.1 Å². The summed E-state index contributed by atoms with van der Waals surface area (Å²) in [6.45, 7) is 7.91. The Morgan fingerprint density at radius 1 is 1.50 bits per heavy atom. The monoisotopic (exact) mass is 298 g/mol. The van der Waals surface area contributed by atoms with E-state index < -0.39 is 5.60 Å². The van der Waals surface area contributed by atoms with Gasteiger partial charge in [-0.3, -0.25) is 4.79 Å². The average Bonchev–Trinajstić information content (AvgIpc) is 2.34. The fourth-order valence-electron chi connectivity index (χ4n) is 1.82. The van der Waals surface area contributed by atoms with Crippen LogP contribution in [0.15, 0.2) is 12.1 Å². The van der Waals surface area contributed by atoms with E-state index in [2.05, 4.69) is 24.1 Å². The number of aryl methyl sites for hydroxylation is 1. The number of aromatic nitrogens is 1.